The molecule has 0 atom stereocenters. The second-order valence-electron chi connectivity index (χ2n) is 7.38. The molecule has 0 bridgehead atoms. The third kappa shape index (κ3) is 4.95. The van der Waals surface area contributed by atoms with Crippen LogP contribution in [0.1, 0.15) is 10.4 Å². The van der Waals surface area contributed by atoms with E-state index in [4.69, 9.17) is 4.74 Å². The Bertz CT molecular complexity index is 932. The molecule has 5 heteroatoms. The van der Waals surface area contributed by atoms with Crippen LogP contribution in [0.15, 0.2) is 78.9 Å². The summed E-state index contributed by atoms with van der Waals surface area (Å²) in [6.45, 7) is 4.44. The number of amides is 1. The first-order chi connectivity index (χ1) is 14.2. The topological polar surface area (TPSA) is 46.0 Å². The van der Waals surface area contributed by atoms with Crippen molar-refractivity contribution >= 4 is 17.3 Å². The minimum absolute atomic E-state index is 0.132. The molecule has 0 aromatic heterocycles. The number of benzene rings is 3. The molecule has 0 saturated carbocycles. The predicted molar refractivity (Wildman–Crippen MR) is 116 cm³/mol. The van der Waals surface area contributed by atoms with Gasteiger partial charge in [-0.15, -0.1) is 0 Å². The van der Waals surface area contributed by atoms with E-state index >= 15 is 0 Å². The van der Waals surface area contributed by atoms with Gasteiger partial charge < -0.3 is 19.9 Å². The number of carbonyl (C=O) groups is 1. The lowest BCUT2D eigenvalue weighted by atomic mass is 10.2. The molecule has 1 amide bonds. The Balaban J connectivity index is 1.35. The summed E-state index contributed by atoms with van der Waals surface area (Å²) in [5, 5.41) is 2.96. The second kappa shape index (κ2) is 8.80. The van der Waals surface area contributed by atoms with Crippen molar-refractivity contribution in [3.05, 3.63) is 84.4 Å². The highest BCUT2D eigenvalue weighted by Crippen LogP contribution is 2.22. The number of nitrogens with zero attached hydrogens (tertiary/aromatic N) is 1. The maximum atomic E-state index is 12.5. The number of rotatable bonds is 5. The lowest BCUT2D eigenvalue weighted by Gasteiger charge is -2.31. The summed E-state index contributed by atoms with van der Waals surface area (Å²) in [7, 11) is 2.23. The number of carbonyl (C=O) groups excluding carboxylic acids is 1. The molecule has 3 aromatic rings. The number of hydrogen-bond donors (Lipinski definition) is 2. The molecule has 0 spiro atoms. The SMILES string of the molecule is C[NH+]1CCN(c2ccc(NC(=O)c3ccc(Oc4ccccc4)cc3)cc2)CC1. The average molecular weight is 388 g/mol. The molecule has 0 radical (unpaired) electrons. The molecule has 148 valence electrons. The van der Waals surface area contributed by atoms with Gasteiger partial charge in [0.05, 0.1) is 33.2 Å². The molecular formula is C24H26N3O2+. The van der Waals surface area contributed by atoms with Gasteiger partial charge in [0.2, 0.25) is 0 Å². The summed E-state index contributed by atoms with van der Waals surface area (Å²) in [5.41, 5.74) is 2.59. The Morgan fingerprint density at radius 2 is 1.48 bits per heavy atom. The van der Waals surface area contributed by atoms with Gasteiger partial charge in [-0.1, -0.05) is 18.2 Å². The fourth-order valence-corrected chi connectivity index (χ4v) is 3.40. The van der Waals surface area contributed by atoms with Crippen molar-refractivity contribution in [3.8, 4) is 11.5 Å². The van der Waals surface area contributed by atoms with Crippen molar-refractivity contribution in [3.63, 3.8) is 0 Å². The number of piperazine rings is 1. The molecule has 1 heterocycles. The Kier molecular flexibility index (Phi) is 5.77. The normalized spacial score (nSPS) is 14.4. The van der Waals surface area contributed by atoms with E-state index in [1.807, 2.05) is 42.5 Å². The van der Waals surface area contributed by atoms with Gasteiger partial charge in [-0.05, 0) is 60.7 Å². The van der Waals surface area contributed by atoms with E-state index < -0.39 is 0 Å². The maximum absolute atomic E-state index is 12.5. The first kappa shape index (κ1) is 19.0. The van der Waals surface area contributed by atoms with Crippen LogP contribution in [-0.2, 0) is 0 Å². The van der Waals surface area contributed by atoms with Gasteiger partial charge >= 0.3 is 0 Å². The van der Waals surface area contributed by atoms with Crippen LogP contribution >= 0.6 is 0 Å². The standard InChI is InChI=1S/C24H25N3O2/c1-26-15-17-27(18-16-26)21-11-9-20(10-12-21)25-24(28)19-7-13-23(14-8-19)29-22-5-3-2-4-6-22/h2-14H,15-18H2,1H3,(H,25,28)/p+1. The Morgan fingerprint density at radius 3 is 2.14 bits per heavy atom. The third-order valence-electron chi connectivity index (χ3n) is 5.20. The van der Waals surface area contributed by atoms with Crippen LogP contribution in [-0.4, -0.2) is 39.1 Å². The smallest absolute Gasteiger partial charge is 0.255 e. The lowest BCUT2D eigenvalue weighted by molar-refractivity contribution is -0.880. The zero-order valence-corrected chi connectivity index (χ0v) is 16.6. The Hall–Kier alpha value is -3.31. The number of ether oxygens (including phenoxy) is 1. The minimum Gasteiger partial charge on any atom is -0.457 e. The number of quaternary nitrogens is 1. The number of para-hydroxylation sites is 1. The first-order valence-electron chi connectivity index (χ1n) is 9.98. The van der Waals surface area contributed by atoms with Crippen molar-refractivity contribution in [2.75, 3.05) is 43.4 Å². The zero-order chi connectivity index (χ0) is 20.1. The summed E-state index contributed by atoms with van der Waals surface area (Å²) in [6.07, 6.45) is 0. The molecule has 2 N–H and O–H groups in total. The van der Waals surface area contributed by atoms with Gasteiger partial charge in [0.15, 0.2) is 0 Å². The summed E-state index contributed by atoms with van der Waals surface area (Å²) < 4.78 is 5.77. The fourth-order valence-electron chi connectivity index (χ4n) is 3.40. The number of likely N-dealkylation sites (N-methyl/N-ethyl adjacent to an activating group) is 1. The van der Waals surface area contributed by atoms with Crippen LogP contribution in [0.5, 0.6) is 11.5 Å². The van der Waals surface area contributed by atoms with Gasteiger partial charge in [0.25, 0.3) is 5.91 Å². The van der Waals surface area contributed by atoms with Gasteiger partial charge in [0, 0.05) is 16.9 Å². The summed E-state index contributed by atoms with van der Waals surface area (Å²) >= 11 is 0. The van der Waals surface area contributed by atoms with E-state index in [1.54, 1.807) is 29.2 Å². The highest BCUT2D eigenvalue weighted by Gasteiger charge is 2.16. The van der Waals surface area contributed by atoms with E-state index in [2.05, 4.69) is 29.4 Å². The number of anilines is 2. The molecule has 5 nitrogen and oxygen atoms in total. The van der Waals surface area contributed by atoms with Crippen LogP contribution in [0, 0.1) is 0 Å². The number of nitrogens with one attached hydrogen (secondary N) is 2. The Morgan fingerprint density at radius 1 is 0.862 bits per heavy atom. The van der Waals surface area contributed by atoms with Crippen LogP contribution in [0.25, 0.3) is 0 Å². The van der Waals surface area contributed by atoms with Gasteiger partial charge in [-0.3, -0.25) is 4.79 Å². The maximum Gasteiger partial charge on any atom is 0.255 e. The van der Waals surface area contributed by atoms with E-state index in [0.717, 1.165) is 37.6 Å². The van der Waals surface area contributed by atoms with Gasteiger partial charge in [-0.2, -0.15) is 0 Å². The largest absolute Gasteiger partial charge is 0.457 e. The summed E-state index contributed by atoms with van der Waals surface area (Å²) in [4.78, 5) is 16.5. The predicted octanol–water partition coefficient (Wildman–Crippen LogP) is 3.07. The van der Waals surface area contributed by atoms with E-state index in [9.17, 15) is 4.79 Å². The minimum atomic E-state index is -0.132. The lowest BCUT2D eigenvalue weighted by Crippen LogP contribution is -3.12. The van der Waals surface area contributed by atoms with Gasteiger partial charge in [0.1, 0.15) is 11.5 Å². The molecule has 3 aromatic carbocycles. The van der Waals surface area contributed by atoms with Crippen LogP contribution in [0.2, 0.25) is 0 Å². The molecule has 0 aliphatic carbocycles. The molecule has 1 fully saturated rings. The number of hydrogen-bond acceptors (Lipinski definition) is 3. The van der Waals surface area contributed by atoms with E-state index in [0.29, 0.717) is 11.3 Å². The molecule has 1 saturated heterocycles. The monoisotopic (exact) mass is 388 g/mol. The first-order valence-corrected chi connectivity index (χ1v) is 9.98. The zero-order valence-electron chi connectivity index (χ0n) is 16.6. The van der Waals surface area contributed by atoms with Crippen molar-refractivity contribution in [1.82, 2.24) is 0 Å². The van der Waals surface area contributed by atoms with Gasteiger partial charge in [-0.25, -0.2) is 0 Å². The second-order valence-corrected chi connectivity index (χ2v) is 7.38. The molecule has 4 rings (SSSR count). The summed E-state index contributed by atoms with van der Waals surface area (Å²) in [5.74, 6) is 1.34. The molecular weight excluding hydrogens is 362 g/mol. The van der Waals surface area contributed by atoms with E-state index in [-0.39, 0.29) is 5.91 Å². The highest BCUT2D eigenvalue weighted by atomic mass is 16.5. The van der Waals surface area contributed by atoms with Crippen LogP contribution in [0.3, 0.4) is 0 Å². The average Bonchev–Trinajstić information content (AvgIpc) is 2.76. The van der Waals surface area contributed by atoms with Crippen molar-refractivity contribution in [2.45, 2.75) is 0 Å². The molecule has 1 aliphatic rings. The molecule has 1 aliphatic heterocycles. The Labute approximate surface area is 171 Å². The fraction of sp³-hybridized carbons (Fsp3) is 0.208. The van der Waals surface area contributed by atoms with Crippen LogP contribution in [0.4, 0.5) is 11.4 Å². The molecule has 29 heavy (non-hydrogen) atoms. The third-order valence-corrected chi connectivity index (χ3v) is 5.20. The van der Waals surface area contributed by atoms with Crippen LogP contribution < -0.4 is 19.9 Å². The highest BCUT2D eigenvalue weighted by molar-refractivity contribution is 6.04. The summed E-state index contributed by atoms with van der Waals surface area (Å²) in [6, 6.07) is 24.8. The van der Waals surface area contributed by atoms with E-state index in [1.165, 1.54) is 5.69 Å². The quantitative estimate of drug-likeness (QED) is 0.706. The van der Waals surface area contributed by atoms with Crippen molar-refractivity contribution < 1.29 is 14.4 Å². The van der Waals surface area contributed by atoms with Crippen molar-refractivity contribution in [1.29, 1.82) is 0 Å². The van der Waals surface area contributed by atoms with Crippen molar-refractivity contribution in [2.24, 2.45) is 0 Å². The molecule has 0 unspecified atom stereocenters.